The number of nitrogens with one attached hydrogen (secondary N) is 1. The summed E-state index contributed by atoms with van der Waals surface area (Å²) in [4.78, 5) is 36.5. The number of carboxylic acids is 1. The molecule has 0 aromatic rings. The number of amides is 3. The first-order chi connectivity index (χ1) is 8.45. The molecule has 0 atom stereocenters. The van der Waals surface area contributed by atoms with Crippen molar-refractivity contribution in [2.75, 3.05) is 27.2 Å². The molecule has 18 heavy (non-hydrogen) atoms. The maximum absolute atomic E-state index is 12.0. The van der Waals surface area contributed by atoms with Gasteiger partial charge in [0.05, 0.1) is 0 Å². The van der Waals surface area contributed by atoms with Crippen molar-refractivity contribution in [1.82, 2.24) is 15.1 Å². The van der Waals surface area contributed by atoms with E-state index in [-0.39, 0.29) is 37.5 Å². The van der Waals surface area contributed by atoms with Crippen molar-refractivity contribution in [3.05, 3.63) is 0 Å². The van der Waals surface area contributed by atoms with Crippen LogP contribution in [0, 0.1) is 0 Å². The molecule has 0 aromatic carbocycles. The Kier molecular flexibility index (Phi) is 4.94. The molecule has 0 bridgehead atoms. The first-order valence-corrected chi connectivity index (χ1v) is 5.89. The van der Waals surface area contributed by atoms with E-state index < -0.39 is 5.97 Å². The molecule has 1 aliphatic rings. The number of hydrogen-bond acceptors (Lipinski definition) is 3. The lowest BCUT2D eigenvalue weighted by atomic mass is 10.3. The predicted octanol–water partition coefficient (Wildman–Crippen LogP) is -0.277. The highest BCUT2D eigenvalue weighted by atomic mass is 16.4. The number of nitrogens with zero attached hydrogens (tertiary/aromatic N) is 2. The van der Waals surface area contributed by atoms with Gasteiger partial charge in [-0.1, -0.05) is 0 Å². The van der Waals surface area contributed by atoms with E-state index in [0.29, 0.717) is 0 Å². The van der Waals surface area contributed by atoms with E-state index in [1.54, 1.807) is 7.05 Å². The molecule has 0 radical (unpaired) electrons. The zero-order valence-electron chi connectivity index (χ0n) is 10.7. The summed E-state index contributed by atoms with van der Waals surface area (Å²) >= 11 is 0. The average Bonchev–Trinajstić information content (AvgIpc) is 3.15. The Bertz CT molecular complexity index is 341. The van der Waals surface area contributed by atoms with E-state index in [1.165, 1.54) is 16.8 Å². The second kappa shape index (κ2) is 6.23. The topological polar surface area (TPSA) is 90.0 Å². The van der Waals surface area contributed by atoms with Gasteiger partial charge in [0.2, 0.25) is 5.91 Å². The molecule has 1 rings (SSSR count). The van der Waals surface area contributed by atoms with Gasteiger partial charge in [0.15, 0.2) is 0 Å². The van der Waals surface area contributed by atoms with Crippen LogP contribution < -0.4 is 5.32 Å². The van der Waals surface area contributed by atoms with Crippen LogP contribution in [0.4, 0.5) is 4.79 Å². The van der Waals surface area contributed by atoms with Crippen LogP contribution in [-0.2, 0) is 9.59 Å². The van der Waals surface area contributed by atoms with Gasteiger partial charge in [-0.3, -0.25) is 9.59 Å². The molecule has 0 unspecified atom stereocenters. The van der Waals surface area contributed by atoms with Crippen LogP contribution in [0.5, 0.6) is 0 Å². The van der Waals surface area contributed by atoms with E-state index in [1.807, 2.05) is 0 Å². The maximum Gasteiger partial charge on any atom is 0.323 e. The number of rotatable bonds is 6. The minimum absolute atomic E-state index is 0.0380. The molecule has 0 aromatic heterocycles. The van der Waals surface area contributed by atoms with Crippen molar-refractivity contribution in [3.8, 4) is 0 Å². The van der Waals surface area contributed by atoms with E-state index >= 15 is 0 Å². The van der Waals surface area contributed by atoms with E-state index in [4.69, 9.17) is 5.11 Å². The van der Waals surface area contributed by atoms with Gasteiger partial charge in [0, 0.05) is 33.1 Å². The molecule has 1 aliphatic carbocycles. The summed E-state index contributed by atoms with van der Waals surface area (Å²) in [5.41, 5.74) is 0. The Labute approximate surface area is 106 Å². The van der Waals surface area contributed by atoms with Gasteiger partial charge in [-0.05, 0) is 12.8 Å². The molecule has 0 spiro atoms. The van der Waals surface area contributed by atoms with Crippen LogP contribution in [0.15, 0.2) is 0 Å². The lowest BCUT2D eigenvalue weighted by molar-refractivity contribution is -0.138. The Morgan fingerprint density at radius 3 is 2.39 bits per heavy atom. The van der Waals surface area contributed by atoms with Crippen LogP contribution in [-0.4, -0.2) is 66.0 Å². The average molecular weight is 257 g/mol. The number of carboxylic acid groups (broad SMARTS) is 1. The van der Waals surface area contributed by atoms with Crippen molar-refractivity contribution < 1.29 is 19.5 Å². The largest absolute Gasteiger partial charge is 0.480 e. The van der Waals surface area contributed by atoms with Gasteiger partial charge < -0.3 is 20.2 Å². The zero-order chi connectivity index (χ0) is 13.7. The summed E-state index contributed by atoms with van der Waals surface area (Å²) in [7, 11) is 3.10. The number of hydrogen-bond donors (Lipinski definition) is 2. The first kappa shape index (κ1) is 14.3. The maximum atomic E-state index is 12.0. The number of carbonyl (C=O) groups is 3. The van der Waals surface area contributed by atoms with Gasteiger partial charge in [-0.25, -0.2) is 4.79 Å². The molecule has 1 saturated carbocycles. The lowest BCUT2D eigenvalue weighted by Crippen LogP contribution is -2.45. The quantitative estimate of drug-likeness (QED) is 0.685. The predicted molar refractivity (Wildman–Crippen MR) is 64.1 cm³/mol. The fourth-order valence-corrected chi connectivity index (χ4v) is 1.59. The number of carbonyl (C=O) groups excluding carboxylic acids is 2. The minimum atomic E-state index is -1.02. The smallest absolute Gasteiger partial charge is 0.323 e. The lowest BCUT2D eigenvalue weighted by Gasteiger charge is -2.26. The van der Waals surface area contributed by atoms with E-state index in [2.05, 4.69) is 5.32 Å². The summed E-state index contributed by atoms with van der Waals surface area (Å²) in [6.45, 7) is -0.00480. The molecular formula is C11H19N3O4. The van der Waals surface area contributed by atoms with E-state index in [0.717, 1.165) is 12.8 Å². The van der Waals surface area contributed by atoms with E-state index in [9.17, 15) is 14.4 Å². The molecule has 0 aliphatic heterocycles. The SMILES string of the molecule is CNC(=O)CCN(C)C(=O)N(CC(=O)O)C1CC1. The van der Waals surface area contributed by atoms with Crippen LogP contribution in [0.25, 0.3) is 0 Å². The van der Waals surface area contributed by atoms with Gasteiger partial charge in [0.1, 0.15) is 6.54 Å². The van der Waals surface area contributed by atoms with Crippen molar-refractivity contribution in [2.45, 2.75) is 25.3 Å². The summed E-state index contributed by atoms with van der Waals surface area (Å²) < 4.78 is 0. The standard InChI is InChI=1S/C11H19N3O4/c1-12-9(15)5-6-13(2)11(18)14(7-10(16)17)8-3-4-8/h8H,3-7H2,1-2H3,(H,12,15)(H,16,17). The summed E-state index contributed by atoms with van der Waals surface area (Å²) in [5, 5.41) is 11.2. The molecule has 0 heterocycles. The van der Waals surface area contributed by atoms with Gasteiger partial charge in [-0.2, -0.15) is 0 Å². The van der Waals surface area contributed by atoms with Gasteiger partial charge in [0.25, 0.3) is 0 Å². The fourth-order valence-electron chi connectivity index (χ4n) is 1.59. The third kappa shape index (κ3) is 4.23. The van der Waals surface area contributed by atoms with Gasteiger partial charge >= 0.3 is 12.0 Å². The van der Waals surface area contributed by atoms with Crippen LogP contribution in [0.3, 0.4) is 0 Å². The normalized spacial score (nSPS) is 13.9. The molecular weight excluding hydrogens is 238 g/mol. The Morgan fingerprint density at radius 1 is 1.33 bits per heavy atom. The van der Waals surface area contributed by atoms with Crippen LogP contribution in [0.1, 0.15) is 19.3 Å². The highest BCUT2D eigenvalue weighted by Gasteiger charge is 2.35. The number of aliphatic carboxylic acids is 1. The molecule has 1 fully saturated rings. The molecule has 102 valence electrons. The Hall–Kier alpha value is -1.79. The summed E-state index contributed by atoms with van der Waals surface area (Å²) in [6.07, 6.45) is 1.91. The number of urea groups is 1. The zero-order valence-corrected chi connectivity index (χ0v) is 10.7. The minimum Gasteiger partial charge on any atom is -0.480 e. The second-order valence-electron chi connectivity index (χ2n) is 4.38. The van der Waals surface area contributed by atoms with Crippen molar-refractivity contribution in [1.29, 1.82) is 0 Å². The second-order valence-corrected chi connectivity index (χ2v) is 4.38. The van der Waals surface area contributed by atoms with Crippen molar-refractivity contribution in [2.24, 2.45) is 0 Å². The Morgan fingerprint density at radius 2 is 1.94 bits per heavy atom. The monoisotopic (exact) mass is 257 g/mol. The van der Waals surface area contributed by atoms with Crippen LogP contribution in [0.2, 0.25) is 0 Å². The molecule has 7 heteroatoms. The van der Waals surface area contributed by atoms with Gasteiger partial charge in [-0.15, -0.1) is 0 Å². The Balaban J connectivity index is 2.48. The molecule has 7 nitrogen and oxygen atoms in total. The van der Waals surface area contributed by atoms with Crippen LogP contribution >= 0.6 is 0 Å². The molecule has 3 amide bonds. The third-order valence-corrected chi connectivity index (χ3v) is 2.82. The molecule has 0 saturated heterocycles. The van der Waals surface area contributed by atoms with Crippen molar-refractivity contribution >= 4 is 17.9 Å². The summed E-state index contributed by atoms with van der Waals surface area (Å²) in [6, 6.07) is -0.292. The highest BCUT2D eigenvalue weighted by Crippen LogP contribution is 2.27. The first-order valence-electron chi connectivity index (χ1n) is 5.89. The fraction of sp³-hybridized carbons (Fsp3) is 0.727. The molecule has 2 N–H and O–H groups in total. The van der Waals surface area contributed by atoms with Crippen molar-refractivity contribution in [3.63, 3.8) is 0 Å². The summed E-state index contributed by atoms with van der Waals surface area (Å²) in [5.74, 6) is -1.17. The highest BCUT2D eigenvalue weighted by molar-refractivity contribution is 5.81. The third-order valence-electron chi connectivity index (χ3n) is 2.82.